The van der Waals surface area contributed by atoms with Crippen molar-refractivity contribution in [2.45, 2.75) is 13.8 Å². The highest BCUT2D eigenvalue weighted by atomic mass is 15.0. The number of hydrogen-bond donors (Lipinski definition) is 2. The fraction of sp³-hybridized carbons (Fsp3) is 0.429. The third kappa shape index (κ3) is 1.39. The summed E-state index contributed by atoms with van der Waals surface area (Å²) in [5.74, 6) is 1.44. The molecule has 4 nitrogen and oxygen atoms in total. The van der Waals surface area contributed by atoms with Crippen LogP contribution in [0.3, 0.4) is 0 Å². The van der Waals surface area contributed by atoms with Gasteiger partial charge in [0, 0.05) is 7.05 Å². The molecule has 0 aromatic carbocycles. The molecule has 11 heavy (non-hydrogen) atoms. The summed E-state index contributed by atoms with van der Waals surface area (Å²) in [4.78, 5) is 8.21. The molecule has 3 N–H and O–H groups in total. The predicted octanol–water partition coefficient (Wildman–Crippen LogP) is 0.717. The van der Waals surface area contributed by atoms with E-state index in [2.05, 4.69) is 15.3 Å². The van der Waals surface area contributed by atoms with Crippen molar-refractivity contribution in [2.75, 3.05) is 18.1 Å². The second kappa shape index (κ2) is 2.74. The molecule has 0 radical (unpaired) electrons. The SMILES string of the molecule is CNc1nc(C)nc(C)c1N. The molecular formula is C7H12N4. The molecule has 1 rings (SSSR count). The van der Waals surface area contributed by atoms with E-state index >= 15 is 0 Å². The van der Waals surface area contributed by atoms with E-state index in [0.717, 1.165) is 11.5 Å². The van der Waals surface area contributed by atoms with Crippen molar-refractivity contribution >= 4 is 11.5 Å². The summed E-state index contributed by atoms with van der Waals surface area (Å²) in [7, 11) is 1.79. The molecule has 60 valence electrons. The van der Waals surface area contributed by atoms with Crippen molar-refractivity contribution < 1.29 is 0 Å². The van der Waals surface area contributed by atoms with Gasteiger partial charge in [-0.1, -0.05) is 0 Å². The van der Waals surface area contributed by atoms with Crippen LogP contribution >= 0.6 is 0 Å². The second-order valence-corrected chi connectivity index (χ2v) is 2.37. The van der Waals surface area contributed by atoms with Gasteiger partial charge < -0.3 is 11.1 Å². The van der Waals surface area contributed by atoms with Gasteiger partial charge in [0.15, 0.2) is 5.82 Å². The first kappa shape index (κ1) is 7.78. The van der Waals surface area contributed by atoms with E-state index in [0.29, 0.717) is 11.5 Å². The maximum absolute atomic E-state index is 5.67. The Balaban J connectivity index is 3.24. The van der Waals surface area contributed by atoms with Gasteiger partial charge >= 0.3 is 0 Å². The van der Waals surface area contributed by atoms with Crippen LogP contribution in [0.1, 0.15) is 11.5 Å². The summed E-state index contributed by atoms with van der Waals surface area (Å²) in [6, 6.07) is 0. The van der Waals surface area contributed by atoms with Crippen LogP contribution in [-0.4, -0.2) is 17.0 Å². The number of nitrogens with one attached hydrogen (secondary N) is 1. The minimum Gasteiger partial charge on any atom is -0.394 e. The van der Waals surface area contributed by atoms with Crippen LogP contribution in [0.5, 0.6) is 0 Å². The van der Waals surface area contributed by atoms with E-state index < -0.39 is 0 Å². The first-order valence-electron chi connectivity index (χ1n) is 3.43. The van der Waals surface area contributed by atoms with Crippen molar-refractivity contribution in [3.05, 3.63) is 11.5 Å². The molecule has 0 saturated heterocycles. The number of nitrogen functional groups attached to an aromatic ring is 1. The van der Waals surface area contributed by atoms with E-state index in [1.807, 2.05) is 13.8 Å². The van der Waals surface area contributed by atoms with Crippen molar-refractivity contribution in [1.29, 1.82) is 0 Å². The van der Waals surface area contributed by atoms with Crippen molar-refractivity contribution in [3.63, 3.8) is 0 Å². The fourth-order valence-corrected chi connectivity index (χ4v) is 0.912. The molecule has 0 bridgehead atoms. The number of anilines is 2. The molecule has 1 aromatic heterocycles. The lowest BCUT2D eigenvalue weighted by Gasteiger charge is -2.06. The number of rotatable bonds is 1. The summed E-state index contributed by atoms with van der Waals surface area (Å²) >= 11 is 0. The first-order chi connectivity index (χ1) is 5.15. The van der Waals surface area contributed by atoms with Gasteiger partial charge in [0.05, 0.1) is 11.4 Å². The number of nitrogens with two attached hydrogens (primary N) is 1. The van der Waals surface area contributed by atoms with Gasteiger partial charge in [-0.3, -0.25) is 0 Å². The molecule has 0 aliphatic carbocycles. The Morgan fingerprint density at radius 2 is 1.91 bits per heavy atom. The van der Waals surface area contributed by atoms with Gasteiger partial charge in [0.2, 0.25) is 0 Å². The van der Waals surface area contributed by atoms with Crippen LogP contribution in [0.2, 0.25) is 0 Å². The minimum absolute atomic E-state index is 0.623. The fourth-order valence-electron chi connectivity index (χ4n) is 0.912. The van der Waals surface area contributed by atoms with Gasteiger partial charge in [-0.25, -0.2) is 9.97 Å². The summed E-state index contributed by atoms with van der Waals surface area (Å²) < 4.78 is 0. The average molecular weight is 152 g/mol. The normalized spacial score (nSPS) is 9.73. The van der Waals surface area contributed by atoms with Crippen molar-refractivity contribution in [3.8, 4) is 0 Å². The van der Waals surface area contributed by atoms with E-state index in [1.54, 1.807) is 7.05 Å². The molecule has 0 aliphatic heterocycles. The highest BCUT2D eigenvalue weighted by Crippen LogP contribution is 2.16. The van der Waals surface area contributed by atoms with E-state index in [-0.39, 0.29) is 0 Å². The van der Waals surface area contributed by atoms with Crippen LogP contribution in [0, 0.1) is 13.8 Å². The Morgan fingerprint density at radius 1 is 1.27 bits per heavy atom. The van der Waals surface area contributed by atoms with Crippen molar-refractivity contribution in [1.82, 2.24) is 9.97 Å². The molecule has 1 aromatic rings. The maximum Gasteiger partial charge on any atom is 0.153 e. The van der Waals surface area contributed by atoms with Gasteiger partial charge in [-0.15, -0.1) is 0 Å². The molecule has 0 unspecified atom stereocenters. The second-order valence-electron chi connectivity index (χ2n) is 2.37. The average Bonchev–Trinajstić information content (AvgIpc) is 1.96. The number of aryl methyl sites for hydroxylation is 2. The van der Waals surface area contributed by atoms with Crippen LogP contribution in [0.15, 0.2) is 0 Å². The summed E-state index contributed by atoms with van der Waals surface area (Å²) in [6.45, 7) is 3.71. The number of aromatic nitrogens is 2. The van der Waals surface area contributed by atoms with E-state index in [9.17, 15) is 0 Å². The molecule has 1 heterocycles. The third-order valence-corrected chi connectivity index (χ3v) is 1.48. The number of nitrogens with zero attached hydrogens (tertiary/aromatic N) is 2. The first-order valence-corrected chi connectivity index (χ1v) is 3.43. The zero-order valence-corrected chi connectivity index (χ0v) is 6.97. The monoisotopic (exact) mass is 152 g/mol. The van der Waals surface area contributed by atoms with Crippen molar-refractivity contribution in [2.24, 2.45) is 0 Å². The van der Waals surface area contributed by atoms with Crippen LogP contribution in [-0.2, 0) is 0 Å². The molecule has 0 saturated carbocycles. The van der Waals surface area contributed by atoms with Gasteiger partial charge in [0.25, 0.3) is 0 Å². The van der Waals surface area contributed by atoms with E-state index in [4.69, 9.17) is 5.73 Å². The van der Waals surface area contributed by atoms with Gasteiger partial charge in [-0.05, 0) is 13.8 Å². The molecule has 0 aliphatic rings. The summed E-state index contributed by atoms with van der Waals surface area (Å²) in [6.07, 6.45) is 0. The Labute approximate surface area is 65.9 Å². The molecule has 0 fully saturated rings. The molecule has 0 atom stereocenters. The lowest BCUT2D eigenvalue weighted by molar-refractivity contribution is 1.02. The largest absolute Gasteiger partial charge is 0.394 e. The molecule has 0 spiro atoms. The van der Waals surface area contributed by atoms with Crippen LogP contribution in [0.25, 0.3) is 0 Å². The topological polar surface area (TPSA) is 63.8 Å². The molecule has 0 amide bonds. The smallest absolute Gasteiger partial charge is 0.153 e. The highest BCUT2D eigenvalue weighted by molar-refractivity contribution is 5.63. The Hall–Kier alpha value is -1.32. The van der Waals surface area contributed by atoms with Gasteiger partial charge in [-0.2, -0.15) is 0 Å². The lowest BCUT2D eigenvalue weighted by Crippen LogP contribution is -2.04. The standard InChI is InChI=1S/C7H12N4/c1-4-6(8)7(9-3)11-5(2)10-4/h8H2,1-3H3,(H,9,10,11). The van der Waals surface area contributed by atoms with E-state index in [1.165, 1.54) is 0 Å². The maximum atomic E-state index is 5.67. The zero-order chi connectivity index (χ0) is 8.43. The third-order valence-electron chi connectivity index (χ3n) is 1.48. The Morgan fingerprint density at radius 3 is 2.45 bits per heavy atom. The predicted molar refractivity (Wildman–Crippen MR) is 45.5 cm³/mol. The zero-order valence-electron chi connectivity index (χ0n) is 6.97. The lowest BCUT2D eigenvalue weighted by atomic mass is 10.3. The highest BCUT2D eigenvalue weighted by Gasteiger charge is 2.03. The summed E-state index contributed by atoms with van der Waals surface area (Å²) in [5, 5.41) is 2.90. The van der Waals surface area contributed by atoms with Crippen LogP contribution < -0.4 is 11.1 Å². The molecule has 4 heteroatoms. The summed E-state index contributed by atoms with van der Waals surface area (Å²) in [5.41, 5.74) is 7.12. The minimum atomic E-state index is 0.623. The molecular weight excluding hydrogens is 140 g/mol. The Kier molecular flexibility index (Phi) is 1.94. The number of hydrogen-bond acceptors (Lipinski definition) is 4. The van der Waals surface area contributed by atoms with Gasteiger partial charge in [0.1, 0.15) is 5.82 Å². The quantitative estimate of drug-likeness (QED) is 0.622. The van der Waals surface area contributed by atoms with Crippen LogP contribution in [0.4, 0.5) is 11.5 Å². The Bertz CT molecular complexity index is 269.